The molecule has 0 atom stereocenters. The van der Waals surface area contributed by atoms with E-state index in [0.29, 0.717) is 23.3 Å². The molecule has 5 nitrogen and oxygen atoms in total. The van der Waals surface area contributed by atoms with E-state index in [1.54, 1.807) is 13.0 Å². The van der Waals surface area contributed by atoms with E-state index in [1.165, 1.54) is 0 Å². The van der Waals surface area contributed by atoms with Crippen molar-refractivity contribution in [2.75, 3.05) is 6.61 Å². The normalized spacial score (nSPS) is 11.1. The Morgan fingerprint density at radius 1 is 0.818 bits per heavy atom. The first-order chi connectivity index (χ1) is 15.9. The molecule has 5 heteroatoms. The van der Waals surface area contributed by atoms with Crippen LogP contribution in [-0.2, 0) is 16.1 Å². The summed E-state index contributed by atoms with van der Waals surface area (Å²) < 4.78 is 7.11. The number of hydrogen-bond donors (Lipinski definition) is 0. The highest BCUT2D eigenvalue weighted by Gasteiger charge is 2.17. The van der Waals surface area contributed by atoms with E-state index < -0.39 is 0 Å². The SMILES string of the molecule is CCOC(=O)CCC(=O)c1ccc2c(c1)c1cc(C(=O)c3ccccc3C)ccc1n2CC. The van der Waals surface area contributed by atoms with Crippen LogP contribution in [0.4, 0.5) is 0 Å². The van der Waals surface area contributed by atoms with Crippen molar-refractivity contribution in [2.45, 2.75) is 40.2 Å². The first-order valence-corrected chi connectivity index (χ1v) is 11.3. The van der Waals surface area contributed by atoms with Gasteiger partial charge in [-0.15, -0.1) is 0 Å². The minimum Gasteiger partial charge on any atom is -0.466 e. The maximum absolute atomic E-state index is 13.2. The number of fused-ring (bicyclic) bond motifs is 3. The number of aromatic nitrogens is 1. The third-order valence-corrected chi connectivity index (χ3v) is 6.02. The van der Waals surface area contributed by atoms with Gasteiger partial charge in [0, 0.05) is 51.5 Å². The molecule has 0 aliphatic rings. The van der Waals surface area contributed by atoms with Gasteiger partial charge in [0.15, 0.2) is 11.6 Å². The Morgan fingerprint density at radius 3 is 2.09 bits per heavy atom. The van der Waals surface area contributed by atoms with E-state index in [4.69, 9.17) is 4.74 Å². The van der Waals surface area contributed by atoms with Gasteiger partial charge in [0.2, 0.25) is 0 Å². The van der Waals surface area contributed by atoms with Crippen molar-refractivity contribution >= 4 is 39.3 Å². The second-order valence-corrected chi connectivity index (χ2v) is 8.08. The molecular weight excluding hydrogens is 414 g/mol. The fraction of sp³-hybridized carbons (Fsp3) is 0.250. The highest BCUT2D eigenvalue weighted by atomic mass is 16.5. The summed E-state index contributed by atoms with van der Waals surface area (Å²) in [6, 6.07) is 19.0. The molecule has 4 rings (SSSR count). The highest BCUT2D eigenvalue weighted by Crippen LogP contribution is 2.32. The van der Waals surface area contributed by atoms with Crippen LogP contribution in [-0.4, -0.2) is 28.7 Å². The largest absolute Gasteiger partial charge is 0.466 e. The summed E-state index contributed by atoms with van der Waals surface area (Å²) in [4.78, 5) is 37.6. The second kappa shape index (κ2) is 9.41. The Morgan fingerprint density at radius 2 is 1.45 bits per heavy atom. The Hall–Kier alpha value is -3.73. The van der Waals surface area contributed by atoms with Gasteiger partial charge in [0.25, 0.3) is 0 Å². The molecule has 4 aromatic rings. The van der Waals surface area contributed by atoms with Crippen LogP contribution in [0.5, 0.6) is 0 Å². The van der Waals surface area contributed by atoms with Gasteiger partial charge >= 0.3 is 5.97 Å². The third kappa shape index (κ3) is 4.31. The third-order valence-electron chi connectivity index (χ3n) is 6.02. The van der Waals surface area contributed by atoms with Crippen molar-refractivity contribution in [3.05, 3.63) is 82.9 Å². The van der Waals surface area contributed by atoms with Crippen molar-refractivity contribution in [3.63, 3.8) is 0 Å². The summed E-state index contributed by atoms with van der Waals surface area (Å²) in [7, 11) is 0. The average molecular weight is 442 g/mol. The lowest BCUT2D eigenvalue weighted by atomic mass is 9.97. The molecule has 0 bridgehead atoms. The molecule has 0 spiro atoms. The van der Waals surface area contributed by atoms with Gasteiger partial charge in [-0.05, 0) is 62.7 Å². The smallest absolute Gasteiger partial charge is 0.306 e. The number of esters is 1. The number of rotatable bonds is 8. The van der Waals surface area contributed by atoms with Gasteiger partial charge in [-0.3, -0.25) is 14.4 Å². The Labute approximate surface area is 193 Å². The lowest BCUT2D eigenvalue weighted by molar-refractivity contribution is -0.143. The number of hydrogen-bond acceptors (Lipinski definition) is 4. The highest BCUT2D eigenvalue weighted by molar-refractivity contribution is 6.16. The van der Waals surface area contributed by atoms with Gasteiger partial charge in [0.05, 0.1) is 13.0 Å². The second-order valence-electron chi connectivity index (χ2n) is 8.08. The van der Waals surface area contributed by atoms with Crippen molar-refractivity contribution in [1.82, 2.24) is 4.57 Å². The lowest BCUT2D eigenvalue weighted by Gasteiger charge is -2.06. The van der Waals surface area contributed by atoms with Gasteiger partial charge < -0.3 is 9.30 Å². The maximum Gasteiger partial charge on any atom is 0.306 e. The van der Waals surface area contributed by atoms with E-state index in [0.717, 1.165) is 33.9 Å². The van der Waals surface area contributed by atoms with Gasteiger partial charge in [-0.1, -0.05) is 24.3 Å². The van der Waals surface area contributed by atoms with Crippen LogP contribution < -0.4 is 0 Å². The van der Waals surface area contributed by atoms with E-state index in [1.807, 2.05) is 61.5 Å². The summed E-state index contributed by atoms with van der Waals surface area (Å²) in [6.07, 6.45) is 0.171. The zero-order valence-electron chi connectivity index (χ0n) is 19.2. The average Bonchev–Trinajstić information content (AvgIpc) is 3.14. The number of carbonyl (C=O) groups is 3. The zero-order chi connectivity index (χ0) is 23.5. The quantitative estimate of drug-likeness (QED) is 0.253. The van der Waals surface area contributed by atoms with Crippen LogP contribution in [0.2, 0.25) is 0 Å². The number of nitrogens with zero attached hydrogens (tertiary/aromatic N) is 1. The fourth-order valence-corrected chi connectivity index (χ4v) is 4.34. The number of benzene rings is 3. The molecule has 0 aliphatic heterocycles. The monoisotopic (exact) mass is 441 g/mol. The number of ketones is 2. The molecule has 33 heavy (non-hydrogen) atoms. The topological polar surface area (TPSA) is 65.4 Å². The van der Waals surface area contributed by atoms with Crippen LogP contribution in [0.15, 0.2) is 60.7 Å². The van der Waals surface area contributed by atoms with Crippen molar-refractivity contribution < 1.29 is 19.1 Å². The molecule has 0 saturated carbocycles. The molecule has 1 aromatic heterocycles. The van der Waals surface area contributed by atoms with Crippen LogP contribution >= 0.6 is 0 Å². The number of Topliss-reactive ketones (excluding diaryl/α,β-unsaturated/α-hetero) is 1. The van der Waals surface area contributed by atoms with Gasteiger partial charge in [-0.2, -0.15) is 0 Å². The minimum absolute atomic E-state index is 0.0194. The summed E-state index contributed by atoms with van der Waals surface area (Å²) in [6.45, 7) is 6.82. The molecule has 0 aliphatic carbocycles. The summed E-state index contributed by atoms with van der Waals surface area (Å²) in [5, 5.41) is 1.86. The molecule has 0 saturated heterocycles. The Bertz CT molecular complexity index is 1380. The van der Waals surface area contributed by atoms with Crippen molar-refractivity contribution in [2.24, 2.45) is 0 Å². The van der Waals surface area contributed by atoms with E-state index in [9.17, 15) is 14.4 Å². The zero-order valence-corrected chi connectivity index (χ0v) is 19.2. The predicted octanol–water partition coefficient (Wildman–Crippen LogP) is 5.88. The summed E-state index contributed by atoms with van der Waals surface area (Å²) >= 11 is 0. The predicted molar refractivity (Wildman–Crippen MR) is 130 cm³/mol. The van der Waals surface area contributed by atoms with Crippen molar-refractivity contribution in [3.8, 4) is 0 Å². The Kier molecular flexibility index (Phi) is 6.40. The fourth-order valence-electron chi connectivity index (χ4n) is 4.34. The molecule has 168 valence electrons. The summed E-state index contributed by atoms with van der Waals surface area (Å²) in [5.74, 6) is -0.488. The van der Waals surface area contributed by atoms with Gasteiger partial charge in [-0.25, -0.2) is 0 Å². The van der Waals surface area contributed by atoms with Gasteiger partial charge in [0.1, 0.15) is 0 Å². The van der Waals surface area contributed by atoms with Crippen LogP contribution in [0, 0.1) is 6.92 Å². The number of aryl methyl sites for hydroxylation is 2. The lowest BCUT2D eigenvalue weighted by Crippen LogP contribution is -2.08. The molecule has 0 amide bonds. The molecule has 1 heterocycles. The first kappa shape index (κ1) is 22.5. The molecule has 0 N–H and O–H groups in total. The number of carbonyl (C=O) groups excluding carboxylic acids is 3. The summed E-state index contributed by atoms with van der Waals surface area (Å²) in [5.41, 5.74) is 4.82. The van der Waals surface area contributed by atoms with Crippen LogP contribution in [0.3, 0.4) is 0 Å². The maximum atomic E-state index is 13.2. The molecule has 3 aromatic carbocycles. The Balaban J connectivity index is 1.76. The molecular formula is C28H27NO4. The standard InChI is InChI=1S/C28H27NO4/c1-4-29-24-12-10-19(26(30)14-15-27(31)33-5-2)16-22(24)23-17-20(11-13-25(23)29)28(32)21-9-7-6-8-18(21)3/h6-13,16-17H,4-5,14-15H2,1-3H3. The molecule has 0 radical (unpaired) electrons. The first-order valence-electron chi connectivity index (χ1n) is 11.3. The van der Waals surface area contributed by atoms with Crippen LogP contribution in [0.1, 0.15) is 58.5 Å². The number of ether oxygens (including phenoxy) is 1. The molecule has 0 unspecified atom stereocenters. The van der Waals surface area contributed by atoms with Crippen LogP contribution in [0.25, 0.3) is 21.8 Å². The molecule has 0 fully saturated rings. The van der Waals surface area contributed by atoms with Crippen molar-refractivity contribution in [1.29, 1.82) is 0 Å². The van der Waals surface area contributed by atoms with E-state index in [-0.39, 0.29) is 30.4 Å². The van der Waals surface area contributed by atoms with E-state index >= 15 is 0 Å². The minimum atomic E-state index is -0.367. The van der Waals surface area contributed by atoms with E-state index in [2.05, 4.69) is 11.5 Å².